The summed E-state index contributed by atoms with van der Waals surface area (Å²) < 4.78 is 106. The van der Waals surface area contributed by atoms with E-state index in [-0.39, 0.29) is 28.7 Å². The molecule has 15 heteroatoms. The van der Waals surface area contributed by atoms with E-state index in [1.54, 1.807) is 12.1 Å². The van der Waals surface area contributed by atoms with Crippen molar-refractivity contribution >= 4 is 38.7 Å². The number of ether oxygens (including phenoxy) is 2. The number of amides is 1. The van der Waals surface area contributed by atoms with Gasteiger partial charge in [0.15, 0.2) is 6.61 Å². The Morgan fingerprint density at radius 3 is 2.43 bits per heavy atom. The van der Waals surface area contributed by atoms with Gasteiger partial charge in [0.25, 0.3) is 5.91 Å². The lowest BCUT2D eigenvalue weighted by Crippen LogP contribution is -2.62. The topological polar surface area (TPSA) is 74.9 Å². The summed E-state index contributed by atoms with van der Waals surface area (Å²) in [6.07, 6.45) is -4.14. The molecule has 51 heavy (non-hydrogen) atoms. The standard InChI is InChI=1S/C36H39F7N4O3S/c1-44-33(48)25-16-30(50-21-36(41,42)43)29(17-27(25)37)45-13-3-6-31-26(18-35(38,39)40)24-4-2-5-28(32(24)51-31)46-22-7-9-23(10-8-22)47-19-34(20-47)11-14-49-15-12-34/h2,4-5,16-17,22-23,45-46H,7-15,18-21H2,1H3,(H,44,48). The molecular formula is C36H39F7N4O3S. The number of hydrogen-bond donors (Lipinski definition) is 3. The van der Waals surface area contributed by atoms with Crippen LogP contribution < -0.4 is 20.7 Å². The highest BCUT2D eigenvalue weighted by Gasteiger charge is 2.46. The summed E-state index contributed by atoms with van der Waals surface area (Å²) >= 11 is 1.14. The van der Waals surface area contributed by atoms with Gasteiger partial charge in [-0.15, -0.1) is 11.3 Å². The molecule has 1 aliphatic carbocycles. The highest BCUT2D eigenvalue weighted by molar-refractivity contribution is 7.20. The first-order chi connectivity index (χ1) is 24.2. The number of likely N-dealkylation sites (tertiary alicyclic amines) is 1. The molecule has 2 aromatic carbocycles. The molecule has 3 aromatic rings. The maximum atomic E-state index is 14.7. The summed E-state index contributed by atoms with van der Waals surface area (Å²) in [5.74, 6) is 3.20. The van der Waals surface area contributed by atoms with Gasteiger partial charge in [-0.2, -0.15) is 26.3 Å². The average Bonchev–Trinajstić information content (AvgIpc) is 3.41. The highest BCUT2D eigenvalue weighted by Crippen LogP contribution is 2.44. The van der Waals surface area contributed by atoms with Crippen LogP contribution in [0.3, 0.4) is 0 Å². The number of nitrogens with one attached hydrogen (secondary N) is 3. The van der Waals surface area contributed by atoms with Crippen LogP contribution in [0, 0.1) is 23.1 Å². The molecule has 0 atom stereocenters. The first-order valence-electron chi connectivity index (χ1n) is 16.9. The minimum absolute atomic E-state index is 0.0392. The predicted molar refractivity (Wildman–Crippen MR) is 182 cm³/mol. The Morgan fingerprint density at radius 2 is 1.76 bits per heavy atom. The number of hydrogen-bond acceptors (Lipinski definition) is 7. The SMILES string of the molecule is CNC(=O)c1cc(OCC(F)(F)F)c(NCC#Cc2sc3c(NC4CCC(N5CC6(CCOCC6)C5)CC4)cccc3c2CC(F)(F)F)cc1F. The number of carbonyl (C=O) groups excluding carboxylic acids is 1. The van der Waals surface area contributed by atoms with Crippen LogP contribution in [0.1, 0.15) is 59.3 Å². The monoisotopic (exact) mass is 740 g/mol. The number of benzene rings is 2. The van der Waals surface area contributed by atoms with Crippen LogP contribution in [0.15, 0.2) is 30.3 Å². The van der Waals surface area contributed by atoms with Crippen molar-refractivity contribution in [1.82, 2.24) is 10.2 Å². The number of alkyl halides is 6. The van der Waals surface area contributed by atoms with E-state index >= 15 is 0 Å². The average molecular weight is 741 g/mol. The summed E-state index contributed by atoms with van der Waals surface area (Å²) in [5, 5.41) is 8.92. The number of fused-ring (bicyclic) bond motifs is 1. The van der Waals surface area contributed by atoms with Crippen LogP contribution in [0.4, 0.5) is 42.1 Å². The van der Waals surface area contributed by atoms with E-state index in [9.17, 15) is 35.5 Å². The number of nitrogens with zero attached hydrogens (tertiary/aromatic N) is 1. The molecule has 3 heterocycles. The zero-order valence-corrected chi connectivity index (χ0v) is 28.8. The molecule has 0 radical (unpaired) electrons. The molecule has 2 aliphatic heterocycles. The van der Waals surface area contributed by atoms with Crippen molar-refractivity contribution in [2.75, 3.05) is 57.1 Å². The third-order valence-corrected chi connectivity index (χ3v) is 11.1. The van der Waals surface area contributed by atoms with Crippen LogP contribution in [-0.4, -0.2) is 81.7 Å². The molecule has 276 valence electrons. The van der Waals surface area contributed by atoms with E-state index in [4.69, 9.17) is 9.47 Å². The lowest BCUT2D eigenvalue weighted by Gasteiger charge is -2.56. The molecule has 3 fully saturated rings. The molecule has 6 rings (SSSR count). The molecule has 0 unspecified atom stereocenters. The molecule has 7 nitrogen and oxygen atoms in total. The number of thiophene rings is 1. The Kier molecular flexibility index (Phi) is 11.0. The molecule has 1 amide bonds. The van der Waals surface area contributed by atoms with E-state index in [0.717, 1.165) is 94.0 Å². The highest BCUT2D eigenvalue weighted by atomic mass is 32.1. The molecule has 1 aromatic heterocycles. The third-order valence-electron chi connectivity index (χ3n) is 9.90. The van der Waals surface area contributed by atoms with Crippen LogP contribution in [-0.2, 0) is 11.2 Å². The third kappa shape index (κ3) is 9.02. The molecule has 3 aliphatic rings. The minimum atomic E-state index is -4.70. The summed E-state index contributed by atoms with van der Waals surface area (Å²) in [6, 6.07) is 7.62. The van der Waals surface area contributed by atoms with Gasteiger partial charge in [-0.05, 0) is 61.6 Å². The van der Waals surface area contributed by atoms with Crippen molar-refractivity contribution in [3.05, 3.63) is 52.2 Å². The first kappa shape index (κ1) is 37.0. The lowest BCUT2D eigenvalue weighted by atomic mass is 9.71. The smallest absolute Gasteiger partial charge is 0.422 e. The lowest BCUT2D eigenvalue weighted by molar-refractivity contribution is -0.153. The molecule has 1 saturated carbocycles. The Morgan fingerprint density at radius 1 is 1.04 bits per heavy atom. The molecule has 2 saturated heterocycles. The fourth-order valence-electron chi connectivity index (χ4n) is 7.30. The van der Waals surface area contributed by atoms with Gasteiger partial charge in [0, 0.05) is 56.9 Å². The molecule has 1 spiro atoms. The van der Waals surface area contributed by atoms with E-state index in [2.05, 4.69) is 32.7 Å². The first-order valence-corrected chi connectivity index (χ1v) is 17.7. The van der Waals surface area contributed by atoms with Gasteiger partial charge < -0.3 is 25.4 Å². The van der Waals surface area contributed by atoms with Gasteiger partial charge in [0.1, 0.15) is 11.6 Å². The van der Waals surface area contributed by atoms with Gasteiger partial charge in [-0.3, -0.25) is 9.69 Å². The summed E-state index contributed by atoms with van der Waals surface area (Å²) in [5.41, 5.74) is 0.476. The summed E-state index contributed by atoms with van der Waals surface area (Å²) in [6.45, 7) is 1.99. The molecular weight excluding hydrogens is 701 g/mol. The Balaban J connectivity index is 1.16. The van der Waals surface area contributed by atoms with Crippen LogP contribution >= 0.6 is 11.3 Å². The molecule has 0 bridgehead atoms. The molecule has 3 N–H and O–H groups in total. The number of carbonyl (C=O) groups is 1. The van der Waals surface area contributed by atoms with Crippen molar-refractivity contribution in [3.63, 3.8) is 0 Å². The van der Waals surface area contributed by atoms with Gasteiger partial charge in [0.2, 0.25) is 0 Å². The Bertz CT molecular complexity index is 1780. The van der Waals surface area contributed by atoms with E-state index in [0.29, 0.717) is 21.5 Å². The Hall–Kier alpha value is -3.74. The number of rotatable bonds is 9. The second kappa shape index (κ2) is 15.1. The van der Waals surface area contributed by atoms with Crippen LogP contribution in [0.5, 0.6) is 5.75 Å². The fraction of sp³-hybridized carbons (Fsp3) is 0.528. The van der Waals surface area contributed by atoms with Crippen molar-refractivity contribution in [3.8, 4) is 17.6 Å². The van der Waals surface area contributed by atoms with Crippen molar-refractivity contribution in [2.24, 2.45) is 5.41 Å². The summed E-state index contributed by atoms with van der Waals surface area (Å²) in [4.78, 5) is 14.8. The van der Waals surface area contributed by atoms with Crippen LogP contribution in [0.2, 0.25) is 0 Å². The Labute approximate surface area is 295 Å². The zero-order chi connectivity index (χ0) is 36.4. The second-order valence-corrected chi connectivity index (χ2v) is 14.5. The van der Waals surface area contributed by atoms with E-state index in [1.807, 2.05) is 6.07 Å². The van der Waals surface area contributed by atoms with Gasteiger partial charge in [-0.1, -0.05) is 24.0 Å². The minimum Gasteiger partial charge on any atom is -0.482 e. The fourth-order valence-corrected chi connectivity index (χ4v) is 8.47. The van der Waals surface area contributed by atoms with E-state index < -0.39 is 48.4 Å². The van der Waals surface area contributed by atoms with Gasteiger partial charge in [-0.25, -0.2) is 4.39 Å². The van der Waals surface area contributed by atoms with Crippen molar-refractivity contribution in [2.45, 2.75) is 69.4 Å². The number of anilines is 2. The maximum Gasteiger partial charge on any atom is 0.422 e. The van der Waals surface area contributed by atoms with Crippen molar-refractivity contribution < 1.29 is 45.0 Å². The predicted octanol–water partition coefficient (Wildman–Crippen LogP) is 7.75. The normalized spacial score (nSPS) is 20.7. The van der Waals surface area contributed by atoms with Gasteiger partial charge >= 0.3 is 12.4 Å². The largest absolute Gasteiger partial charge is 0.482 e. The van der Waals surface area contributed by atoms with Crippen molar-refractivity contribution in [1.29, 1.82) is 0 Å². The number of halogens is 7. The zero-order valence-electron chi connectivity index (χ0n) is 28.0. The van der Waals surface area contributed by atoms with Gasteiger partial charge in [0.05, 0.1) is 39.5 Å². The maximum absolute atomic E-state index is 14.7. The quantitative estimate of drug-likeness (QED) is 0.154. The van der Waals surface area contributed by atoms with E-state index in [1.165, 1.54) is 7.05 Å². The van der Waals surface area contributed by atoms with Crippen LogP contribution in [0.25, 0.3) is 10.1 Å². The second-order valence-electron chi connectivity index (χ2n) is 13.5. The summed E-state index contributed by atoms with van der Waals surface area (Å²) in [7, 11) is 1.24.